The maximum Gasteiger partial charge on any atom is 0.149 e. The van der Waals surface area contributed by atoms with E-state index in [1.54, 1.807) is 20.2 Å². The molecule has 1 heterocycles. The molecular weight excluding hydrogens is 238 g/mol. The molecule has 5 nitrogen and oxygen atoms in total. The van der Waals surface area contributed by atoms with Crippen molar-refractivity contribution in [3.05, 3.63) is 24.0 Å². The molecule has 2 N–H and O–H groups in total. The van der Waals surface area contributed by atoms with E-state index in [2.05, 4.69) is 27.4 Å². The smallest absolute Gasteiger partial charge is 0.149 e. The minimum absolute atomic E-state index is 0.0802. The maximum atomic E-state index is 6.10. The summed E-state index contributed by atoms with van der Waals surface area (Å²) in [5, 5.41) is 0.432. The molecular formula is C11H18ClN5. The fraction of sp³-hybridized carbons (Fsp3) is 0.455. The molecule has 0 aromatic carbocycles. The zero-order chi connectivity index (χ0) is 13.0. The quantitative estimate of drug-likeness (QED) is 0.587. The van der Waals surface area contributed by atoms with E-state index in [4.69, 9.17) is 11.6 Å². The Morgan fingerprint density at radius 3 is 2.76 bits per heavy atom. The van der Waals surface area contributed by atoms with Gasteiger partial charge in [-0.15, -0.1) is 0 Å². The number of likely N-dealkylation sites (N-methyl/N-ethyl adjacent to an activating group) is 1. The molecule has 1 atom stereocenters. The van der Waals surface area contributed by atoms with Gasteiger partial charge in [0.25, 0.3) is 0 Å². The molecule has 0 saturated carbocycles. The molecule has 0 radical (unpaired) electrons. The van der Waals surface area contributed by atoms with Gasteiger partial charge in [-0.3, -0.25) is 4.99 Å². The van der Waals surface area contributed by atoms with Crippen molar-refractivity contribution in [2.75, 3.05) is 21.1 Å². The summed E-state index contributed by atoms with van der Waals surface area (Å²) in [6.07, 6.45) is 1.67. The van der Waals surface area contributed by atoms with Gasteiger partial charge in [0.2, 0.25) is 0 Å². The second-order valence-corrected chi connectivity index (χ2v) is 3.97. The van der Waals surface area contributed by atoms with Crippen LogP contribution in [0.15, 0.2) is 34.0 Å². The Hall–Kier alpha value is -1.33. The molecule has 1 unspecified atom stereocenters. The number of aliphatic imine (C=N–C) groups is 2. The fourth-order valence-electron chi connectivity index (χ4n) is 1.59. The first kappa shape index (κ1) is 13.7. The molecule has 0 aromatic rings. The van der Waals surface area contributed by atoms with Gasteiger partial charge in [0, 0.05) is 21.1 Å². The first-order chi connectivity index (χ1) is 8.06. The third-order valence-corrected chi connectivity index (χ3v) is 3.00. The Morgan fingerprint density at radius 2 is 2.29 bits per heavy atom. The third-order valence-electron chi connectivity index (χ3n) is 2.65. The van der Waals surface area contributed by atoms with Gasteiger partial charge >= 0.3 is 0 Å². The lowest BCUT2D eigenvalue weighted by Crippen LogP contribution is -2.49. The highest BCUT2D eigenvalue weighted by molar-refractivity contribution is 6.69. The van der Waals surface area contributed by atoms with Crippen molar-refractivity contribution in [1.82, 2.24) is 15.8 Å². The van der Waals surface area contributed by atoms with Crippen molar-refractivity contribution >= 4 is 22.6 Å². The lowest BCUT2D eigenvalue weighted by Gasteiger charge is -2.34. The highest BCUT2D eigenvalue weighted by Crippen LogP contribution is 2.23. The Bertz CT molecular complexity index is 397. The number of allylic oxidation sites excluding steroid dienone is 2. The van der Waals surface area contributed by atoms with Gasteiger partial charge < -0.3 is 10.3 Å². The van der Waals surface area contributed by atoms with Crippen LogP contribution in [0.4, 0.5) is 0 Å². The lowest BCUT2D eigenvalue weighted by molar-refractivity contribution is 0.390. The SMILES string of the molecule is C=CC1=C(C(Cl)=NC)N(C)C(C)C(NNC)=N1. The maximum absolute atomic E-state index is 6.10. The number of nitrogens with one attached hydrogen (secondary N) is 2. The lowest BCUT2D eigenvalue weighted by atomic mass is 10.1. The Morgan fingerprint density at radius 1 is 1.65 bits per heavy atom. The molecule has 0 fully saturated rings. The molecule has 1 rings (SSSR count). The summed E-state index contributed by atoms with van der Waals surface area (Å²) in [7, 11) is 5.39. The van der Waals surface area contributed by atoms with Crippen molar-refractivity contribution in [3.63, 3.8) is 0 Å². The van der Waals surface area contributed by atoms with Gasteiger partial charge in [-0.2, -0.15) is 0 Å². The molecule has 0 bridgehead atoms. The highest BCUT2D eigenvalue weighted by Gasteiger charge is 2.27. The summed E-state index contributed by atoms with van der Waals surface area (Å²) >= 11 is 6.10. The van der Waals surface area contributed by atoms with Crippen molar-refractivity contribution in [1.29, 1.82) is 0 Å². The van der Waals surface area contributed by atoms with E-state index < -0.39 is 0 Å². The zero-order valence-corrected chi connectivity index (χ0v) is 11.3. The number of hydrogen-bond donors (Lipinski definition) is 2. The first-order valence-corrected chi connectivity index (χ1v) is 5.68. The molecule has 0 spiro atoms. The zero-order valence-electron chi connectivity index (χ0n) is 10.6. The van der Waals surface area contributed by atoms with Crippen LogP contribution in [0.5, 0.6) is 0 Å². The van der Waals surface area contributed by atoms with Crippen molar-refractivity contribution in [2.45, 2.75) is 13.0 Å². The molecule has 0 aliphatic carbocycles. The minimum atomic E-state index is 0.0802. The summed E-state index contributed by atoms with van der Waals surface area (Å²) in [6, 6.07) is 0.0802. The van der Waals surface area contributed by atoms with Gasteiger partial charge in [0.15, 0.2) is 0 Å². The summed E-state index contributed by atoms with van der Waals surface area (Å²) < 4.78 is 0. The summed E-state index contributed by atoms with van der Waals surface area (Å²) in [6.45, 7) is 5.78. The standard InChI is InChI=1S/C11H18ClN5/c1-6-8-9(10(12)13-3)17(5)7(2)11(15-8)16-14-4/h6-7,14H,1H2,2-5H3,(H,15,16). The van der Waals surface area contributed by atoms with Crippen molar-refractivity contribution in [2.24, 2.45) is 9.98 Å². The minimum Gasteiger partial charge on any atom is -0.360 e. The number of halogens is 1. The average molecular weight is 256 g/mol. The molecule has 0 aromatic heterocycles. The Labute approximate surface area is 107 Å². The van der Waals surface area contributed by atoms with Crippen LogP contribution in [0.2, 0.25) is 0 Å². The number of hydrazine groups is 1. The molecule has 17 heavy (non-hydrogen) atoms. The number of hydrogen-bond acceptors (Lipinski definition) is 5. The predicted octanol–water partition coefficient (Wildman–Crippen LogP) is 1.11. The first-order valence-electron chi connectivity index (χ1n) is 5.30. The van der Waals surface area contributed by atoms with E-state index in [-0.39, 0.29) is 6.04 Å². The monoisotopic (exact) mass is 255 g/mol. The van der Waals surface area contributed by atoms with Crippen LogP contribution in [-0.2, 0) is 0 Å². The molecule has 94 valence electrons. The van der Waals surface area contributed by atoms with E-state index in [9.17, 15) is 0 Å². The normalized spacial score (nSPS) is 21.5. The summed E-state index contributed by atoms with van der Waals surface area (Å²) in [5.41, 5.74) is 7.36. The molecule has 0 saturated heterocycles. The van der Waals surface area contributed by atoms with Crippen LogP contribution in [0.3, 0.4) is 0 Å². The number of rotatable bonds is 3. The van der Waals surface area contributed by atoms with Crippen LogP contribution in [-0.4, -0.2) is 43.1 Å². The van der Waals surface area contributed by atoms with Crippen LogP contribution in [0.1, 0.15) is 6.92 Å². The number of nitrogens with zero attached hydrogens (tertiary/aromatic N) is 3. The molecule has 6 heteroatoms. The molecule has 1 aliphatic heterocycles. The second kappa shape index (κ2) is 5.84. The van der Waals surface area contributed by atoms with Crippen LogP contribution in [0.25, 0.3) is 0 Å². The summed E-state index contributed by atoms with van der Waals surface area (Å²) in [5.74, 6) is 0.814. The number of amidine groups is 1. The molecule has 0 amide bonds. The predicted molar refractivity (Wildman–Crippen MR) is 73.3 cm³/mol. The summed E-state index contributed by atoms with van der Waals surface area (Å²) in [4.78, 5) is 10.5. The Kier molecular flexibility index (Phi) is 4.72. The van der Waals surface area contributed by atoms with E-state index in [1.807, 2.05) is 18.9 Å². The molecule has 1 aliphatic rings. The van der Waals surface area contributed by atoms with Crippen molar-refractivity contribution < 1.29 is 0 Å². The van der Waals surface area contributed by atoms with Crippen LogP contribution in [0, 0.1) is 0 Å². The van der Waals surface area contributed by atoms with Gasteiger partial charge in [-0.25, -0.2) is 10.4 Å². The van der Waals surface area contributed by atoms with Gasteiger partial charge in [0.05, 0.1) is 11.7 Å². The van der Waals surface area contributed by atoms with Gasteiger partial charge in [-0.05, 0) is 13.0 Å². The van der Waals surface area contributed by atoms with Crippen molar-refractivity contribution in [3.8, 4) is 0 Å². The van der Waals surface area contributed by atoms with Gasteiger partial charge in [0.1, 0.15) is 16.7 Å². The van der Waals surface area contributed by atoms with E-state index in [1.165, 1.54) is 0 Å². The third kappa shape index (κ3) is 2.68. The largest absolute Gasteiger partial charge is 0.360 e. The Balaban J connectivity index is 3.26. The average Bonchev–Trinajstić information content (AvgIpc) is 2.34. The second-order valence-electron chi connectivity index (χ2n) is 3.61. The van der Waals surface area contributed by atoms with Crippen LogP contribution < -0.4 is 10.9 Å². The topological polar surface area (TPSA) is 52.0 Å². The van der Waals surface area contributed by atoms with E-state index >= 15 is 0 Å². The fourth-order valence-corrected chi connectivity index (χ4v) is 1.82. The van der Waals surface area contributed by atoms with Crippen LogP contribution >= 0.6 is 11.6 Å². The van der Waals surface area contributed by atoms with E-state index in [0.717, 1.165) is 11.5 Å². The van der Waals surface area contributed by atoms with E-state index in [0.29, 0.717) is 10.9 Å². The highest BCUT2D eigenvalue weighted by atomic mass is 35.5. The van der Waals surface area contributed by atoms with Gasteiger partial charge in [-0.1, -0.05) is 18.2 Å².